The highest BCUT2D eigenvalue weighted by atomic mass is 79.9. The Hall–Kier alpha value is -1.47. The summed E-state index contributed by atoms with van der Waals surface area (Å²) >= 11 is 3.65. The van der Waals surface area contributed by atoms with Gasteiger partial charge in [-0.15, -0.1) is 0 Å². The number of amides is 1. The van der Waals surface area contributed by atoms with Crippen LogP contribution >= 0.6 is 15.9 Å². The fourth-order valence-corrected chi connectivity index (χ4v) is 3.72. The van der Waals surface area contributed by atoms with Crippen molar-refractivity contribution < 1.29 is 4.79 Å². The van der Waals surface area contributed by atoms with E-state index in [0.717, 1.165) is 59.9 Å². The predicted molar refractivity (Wildman–Crippen MR) is 87.4 cm³/mol. The second-order valence-electron chi connectivity index (χ2n) is 5.98. The van der Waals surface area contributed by atoms with Gasteiger partial charge in [-0.25, -0.2) is 9.97 Å². The molecule has 2 aromatic heterocycles. The average molecular weight is 366 g/mol. The molecule has 0 radical (unpaired) electrons. The molecule has 0 spiro atoms. The summed E-state index contributed by atoms with van der Waals surface area (Å²) in [6.45, 7) is 6.53. The van der Waals surface area contributed by atoms with Gasteiger partial charge >= 0.3 is 0 Å². The van der Waals surface area contributed by atoms with Crippen molar-refractivity contribution in [2.75, 3.05) is 13.1 Å². The molecular formula is C15H20BrN5O. The number of carbonyl (C=O) groups is 1. The third kappa shape index (κ3) is 2.87. The molecule has 1 aliphatic heterocycles. The summed E-state index contributed by atoms with van der Waals surface area (Å²) in [5.74, 6) is 0.572. The van der Waals surface area contributed by atoms with Crippen molar-refractivity contribution in [2.45, 2.75) is 33.2 Å². The second kappa shape index (κ2) is 5.96. The number of primary amides is 1. The summed E-state index contributed by atoms with van der Waals surface area (Å²) in [6, 6.07) is 2.04. The van der Waals surface area contributed by atoms with Crippen molar-refractivity contribution in [3.05, 3.63) is 27.8 Å². The number of aryl methyl sites for hydroxylation is 2. The molecule has 2 aromatic rings. The van der Waals surface area contributed by atoms with Crippen LogP contribution in [0.4, 0.5) is 0 Å². The fourth-order valence-electron chi connectivity index (χ4n) is 3.07. The first-order chi connectivity index (χ1) is 10.5. The van der Waals surface area contributed by atoms with Gasteiger partial charge in [0.15, 0.2) is 0 Å². The van der Waals surface area contributed by atoms with Crippen molar-refractivity contribution in [3.8, 4) is 0 Å². The van der Waals surface area contributed by atoms with Crippen molar-refractivity contribution in [1.29, 1.82) is 0 Å². The molecule has 7 heteroatoms. The van der Waals surface area contributed by atoms with Crippen molar-refractivity contribution in [2.24, 2.45) is 11.7 Å². The zero-order valence-electron chi connectivity index (χ0n) is 12.8. The quantitative estimate of drug-likeness (QED) is 0.899. The number of halogens is 1. The number of carbonyl (C=O) groups excluding carboxylic acids is 1. The summed E-state index contributed by atoms with van der Waals surface area (Å²) < 4.78 is 2.99. The lowest BCUT2D eigenvalue weighted by Gasteiger charge is -2.29. The van der Waals surface area contributed by atoms with E-state index in [9.17, 15) is 4.79 Å². The topological polar surface area (TPSA) is 76.5 Å². The third-order valence-corrected chi connectivity index (χ3v) is 5.09. The van der Waals surface area contributed by atoms with Crippen molar-refractivity contribution in [3.63, 3.8) is 0 Å². The Morgan fingerprint density at radius 3 is 2.68 bits per heavy atom. The van der Waals surface area contributed by atoms with Gasteiger partial charge in [0.05, 0.1) is 5.69 Å². The van der Waals surface area contributed by atoms with E-state index < -0.39 is 0 Å². The highest BCUT2D eigenvalue weighted by molar-refractivity contribution is 9.10. The Balaban J connectivity index is 1.79. The molecule has 0 atom stereocenters. The Morgan fingerprint density at radius 1 is 1.36 bits per heavy atom. The van der Waals surface area contributed by atoms with Crippen LogP contribution in [0.1, 0.15) is 29.9 Å². The van der Waals surface area contributed by atoms with Crippen LogP contribution in [0, 0.1) is 19.8 Å². The zero-order valence-corrected chi connectivity index (χ0v) is 14.4. The smallest absolute Gasteiger partial charge is 0.235 e. The maximum absolute atomic E-state index is 11.2. The zero-order chi connectivity index (χ0) is 15.9. The van der Waals surface area contributed by atoms with Crippen LogP contribution in [-0.4, -0.2) is 38.3 Å². The maximum Gasteiger partial charge on any atom is 0.235 e. The Kier molecular flexibility index (Phi) is 4.18. The number of nitrogens with zero attached hydrogens (tertiary/aromatic N) is 4. The number of hydrogen-bond acceptors (Lipinski definition) is 4. The maximum atomic E-state index is 11.2. The van der Waals surface area contributed by atoms with E-state index in [1.807, 2.05) is 17.4 Å². The molecule has 0 saturated carbocycles. The van der Waals surface area contributed by atoms with Crippen LogP contribution in [0.5, 0.6) is 0 Å². The molecule has 1 aliphatic rings. The first-order valence-electron chi connectivity index (χ1n) is 7.48. The van der Waals surface area contributed by atoms with Gasteiger partial charge in [0, 0.05) is 23.9 Å². The monoisotopic (exact) mass is 365 g/mol. The minimum atomic E-state index is -0.177. The van der Waals surface area contributed by atoms with E-state index in [1.54, 1.807) is 0 Å². The average Bonchev–Trinajstić information content (AvgIpc) is 2.75. The van der Waals surface area contributed by atoms with Gasteiger partial charge in [-0.05, 0) is 61.8 Å². The molecule has 3 rings (SSSR count). The highest BCUT2D eigenvalue weighted by Crippen LogP contribution is 2.24. The largest absolute Gasteiger partial charge is 0.369 e. The molecule has 0 unspecified atom stereocenters. The molecule has 118 valence electrons. The molecule has 2 N–H and O–H groups in total. The SMILES string of the molecule is Cc1cc(C)n2c(Br)c(CN3CCC(C(N)=O)CC3)nc2n1. The number of aromatic nitrogens is 3. The molecule has 1 saturated heterocycles. The molecule has 3 heterocycles. The van der Waals surface area contributed by atoms with Crippen molar-refractivity contribution in [1.82, 2.24) is 19.3 Å². The molecule has 22 heavy (non-hydrogen) atoms. The van der Waals surface area contributed by atoms with Crippen LogP contribution in [0.3, 0.4) is 0 Å². The van der Waals surface area contributed by atoms with E-state index in [2.05, 4.69) is 37.7 Å². The van der Waals surface area contributed by atoms with Gasteiger partial charge in [0.1, 0.15) is 4.60 Å². The third-order valence-electron chi connectivity index (χ3n) is 4.28. The number of imidazole rings is 1. The Bertz CT molecular complexity index is 718. The minimum Gasteiger partial charge on any atom is -0.369 e. The van der Waals surface area contributed by atoms with Gasteiger partial charge in [0.25, 0.3) is 0 Å². The van der Waals surface area contributed by atoms with Gasteiger partial charge < -0.3 is 5.73 Å². The second-order valence-corrected chi connectivity index (χ2v) is 6.73. The van der Waals surface area contributed by atoms with Gasteiger partial charge in [-0.2, -0.15) is 0 Å². The van der Waals surface area contributed by atoms with Gasteiger partial charge in [-0.1, -0.05) is 0 Å². The predicted octanol–water partition coefficient (Wildman–Crippen LogP) is 1.81. The molecule has 0 aliphatic carbocycles. The highest BCUT2D eigenvalue weighted by Gasteiger charge is 2.24. The molecule has 0 aromatic carbocycles. The first kappa shape index (κ1) is 15.4. The standard InChI is InChI=1S/C15H20BrN5O/c1-9-7-10(2)21-13(16)12(19-15(21)18-9)8-20-5-3-11(4-6-20)14(17)22/h7,11H,3-6,8H2,1-2H3,(H2,17,22). The first-order valence-corrected chi connectivity index (χ1v) is 8.27. The van der Waals surface area contributed by atoms with Gasteiger partial charge in [0.2, 0.25) is 11.7 Å². The number of piperidine rings is 1. The summed E-state index contributed by atoms with van der Waals surface area (Å²) in [5, 5.41) is 0. The van der Waals surface area contributed by atoms with Crippen LogP contribution in [0.15, 0.2) is 10.7 Å². The molecule has 1 fully saturated rings. The van der Waals surface area contributed by atoms with E-state index in [-0.39, 0.29) is 11.8 Å². The molecule has 1 amide bonds. The van der Waals surface area contributed by atoms with Crippen LogP contribution in [-0.2, 0) is 11.3 Å². The normalized spacial score (nSPS) is 17.2. The number of fused-ring (bicyclic) bond motifs is 1. The lowest BCUT2D eigenvalue weighted by atomic mass is 9.96. The van der Waals surface area contributed by atoms with E-state index in [4.69, 9.17) is 5.73 Å². The van der Waals surface area contributed by atoms with Gasteiger partial charge in [-0.3, -0.25) is 14.1 Å². The number of hydrogen-bond donors (Lipinski definition) is 1. The van der Waals surface area contributed by atoms with Crippen molar-refractivity contribution >= 4 is 27.6 Å². The van der Waals surface area contributed by atoms with E-state index in [1.165, 1.54) is 0 Å². The number of rotatable bonds is 3. The van der Waals surface area contributed by atoms with Crippen LogP contribution in [0.2, 0.25) is 0 Å². The minimum absolute atomic E-state index is 0.0207. The van der Waals surface area contributed by atoms with E-state index >= 15 is 0 Å². The summed E-state index contributed by atoms with van der Waals surface area (Å²) in [7, 11) is 0. The number of nitrogens with two attached hydrogens (primary N) is 1. The molecular weight excluding hydrogens is 346 g/mol. The van der Waals surface area contributed by atoms with E-state index in [0.29, 0.717) is 0 Å². The molecule has 0 bridgehead atoms. The lowest BCUT2D eigenvalue weighted by Crippen LogP contribution is -2.38. The number of likely N-dealkylation sites (tertiary alicyclic amines) is 1. The summed E-state index contributed by atoms with van der Waals surface area (Å²) in [4.78, 5) is 22.7. The van der Waals surface area contributed by atoms with Crippen LogP contribution in [0.25, 0.3) is 5.78 Å². The summed E-state index contributed by atoms with van der Waals surface area (Å²) in [5.41, 5.74) is 8.45. The molecule has 6 nitrogen and oxygen atoms in total. The fraction of sp³-hybridized carbons (Fsp3) is 0.533. The summed E-state index contributed by atoms with van der Waals surface area (Å²) in [6.07, 6.45) is 1.66. The Morgan fingerprint density at radius 2 is 2.05 bits per heavy atom. The lowest BCUT2D eigenvalue weighted by molar-refractivity contribution is -0.123. The van der Waals surface area contributed by atoms with Crippen LogP contribution < -0.4 is 5.73 Å². The Labute approximate surface area is 137 Å².